The predicted octanol–water partition coefficient (Wildman–Crippen LogP) is 2.60. The van der Waals surface area contributed by atoms with Crippen LogP contribution >= 0.6 is 0 Å². The van der Waals surface area contributed by atoms with E-state index in [-0.39, 0.29) is 5.56 Å². The van der Waals surface area contributed by atoms with Gasteiger partial charge in [0.15, 0.2) is 0 Å². The minimum Gasteiger partial charge on any atom is -0.375 e. The number of aliphatic hydroxyl groups is 1. The van der Waals surface area contributed by atoms with Gasteiger partial charge in [-0.1, -0.05) is 51.1 Å². The lowest BCUT2D eigenvalue weighted by molar-refractivity contribution is -0.264. The summed E-state index contributed by atoms with van der Waals surface area (Å²) >= 11 is 0. The lowest BCUT2D eigenvalue weighted by Gasteiger charge is -2.32. The normalized spacial score (nSPS) is 15.6. The molecule has 0 aliphatic rings. The number of alkyl halides is 3. The van der Waals surface area contributed by atoms with Crippen LogP contribution in [0.2, 0.25) is 0 Å². The topological polar surface area (TPSA) is 49.3 Å². The molecule has 1 aromatic rings. The van der Waals surface area contributed by atoms with Crippen LogP contribution in [0.25, 0.3) is 0 Å². The molecule has 112 valence electrons. The highest BCUT2D eigenvalue weighted by molar-refractivity contribution is 5.81. The van der Waals surface area contributed by atoms with E-state index in [0.717, 1.165) is 0 Å². The number of hydrogen-bond donors (Lipinski definition) is 2. The maximum absolute atomic E-state index is 13.1. The average Bonchev–Trinajstić information content (AvgIpc) is 2.34. The molecular weight excluding hydrogens is 271 g/mol. The third kappa shape index (κ3) is 3.50. The maximum atomic E-state index is 13.1. The van der Waals surface area contributed by atoms with Crippen molar-refractivity contribution in [2.75, 3.05) is 6.54 Å². The van der Waals surface area contributed by atoms with Crippen LogP contribution in [-0.2, 0) is 10.4 Å². The van der Waals surface area contributed by atoms with Gasteiger partial charge in [0.1, 0.15) is 0 Å². The minimum atomic E-state index is -4.89. The number of amides is 1. The van der Waals surface area contributed by atoms with Crippen LogP contribution in [0, 0.1) is 5.41 Å². The Hall–Kier alpha value is -1.56. The van der Waals surface area contributed by atoms with Crippen molar-refractivity contribution in [2.24, 2.45) is 5.41 Å². The molecule has 2 N–H and O–H groups in total. The Morgan fingerprint density at radius 1 is 1.15 bits per heavy atom. The van der Waals surface area contributed by atoms with Crippen LogP contribution in [0.15, 0.2) is 30.3 Å². The summed E-state index contributed by atoms with van der Waals surface area (Å²) in [5, 5.41) is 12.2. The molecule has 20 heavy (non-hydrogen) atoms. The second kappa shape index (κ2) is 5.44. The van der Waals surface area contributed by atoms with Gasteiger partial charge in [-0.3, -0.25) is 4.79 Å². The second-order valence-electron chi connectivity index (χ2n) is 5.66. The summed E-state index contributed by atoms with van der Waals surface area (Å²) in [6.45, 7) is 3.82. The van der Waals surface area contributed by atoms with Gasteiger partial charge >= 0.3 is 6.18 Å². The zero-order valence-corrected chi connectivity index (χ0v) is 11.6. The number of halogens is 3. The van der Waals surface area contributed by atoms with Crippen LogP contribution in [0.3, 0.4) is 0 Å². The van der Waals surface area contributed by atoms with E-state index in [4.69, 9.17) is 0 Å². The highest BCUT2D eigenvalue weighted by Gasteiger charge is 2.55. The fourth-order valence-corrected chi connectivity index (χ4v) is 1.55. The Labute approximate surface area is 115 Å². The first-order chi connectivity index (χ1) is 8.98. The van der Waals surface area contributed by atoms with Crippen LogP contribution in [0.5, 0.6) is 0 Å². The molecule has 0 heterocycles. The number of carbonyl (C=O) groups is 1. The van der Waals surface area contributed by atoms with E-state index in [1.807, 2.05) is 0 Å². The van der Waals surface area contributed by atoms with Gasteiger partial charge in [0.2, 0.25) is 11.5 Å². The van der Waals surface area contributed by atoms with Crippen molar-refractivity contribution < 1.29 is 23.1 Å². The average molecular weight is 289 g/mol. The van der Waals surface area contributed by atoms with Crippen molar-refractivity contribution >= 4 is 5.91 Å². The molecule has 0 aromatic heterocycles. The van der Waals surface area contributed by atoms with Gasteiger partial charge in [-0.25, -0.2) is 0 Å². The van der Waals surface area contributed by atoms with Crippen molar-refractivity contribution in [3.8, 4) is 0 Å². The Bertz CT molecular complexity index is 466. The molecule has 0 aliphatic carbocycles. The zero-order chi connectivity index (χ0) is 15.6. The van der Waals surface area contributed by atoms with E-state index in [1.165, 1.54) is 24.3 Å². The molecule has 0 unspecified atom stereocenters. The smallest absolute Gasteiger partial charge is 0.375 e. The number of carbonyl (C=O) groups excluding carboxylic acids is 1. The summed E-state index contributed by atoms with van der Waals surface area (Å²) in [6, 6.07) is 6.71. The Kier molecular flexibility index (Phi) is 4.49. The number of benzene rings is 1. The Morgan fingerprint density at radius 2 is 1.65 bits per heavy atom. The van der Waals surface area contributed by atoms with Gasteiger partial charge in [0.25, 0.3) is 0 Å². The largest absolute Gasteiger partial charge is 0.423 e. The van der Waals surface area contributed by atoms with E-state index >= 15 is 0 Å². The summed E-state index contributed by atoms with van der Waals surface area (Å²) in [7, 11) is 0. The summed E-state index contributed by atoms with van der Waals surface area (Å²) in [5.41, 5.74) is -4.24. The molecule has 0 radical (unpaired) electrons. The van der Waals surface area contributed by atoms with Crippen LogP contribution in [0.1, 0.15) is 26.3 Å². The van der Waals surface area contributed by atoms with Gasteiger partial charge in [0, 0.05) is 5.41 Å². The lowest BCUT2D eigenvalue weighted by atomic mass is 9.91. The van der Waals surface area contributed by atoms with Crippen LogP contribution in [-0.4, -0.2) is 23.7 Å². The molecule has 1 rings (SSSR count). The molecule has 0 spiro atoms. The molecule has 1 aromatic carbocycles. The first-order valence-corrected chi connectivity index (χ1v) is 6.11. The van der Waals surface area contributed by atoms with E-state index in [0.29, 0.717) is 0 Å². The quantitative estimate of drug-likeness (QED) is 0.898. The van der Waals surface area contributed by atoms with Crippen LogP contribution in [0.4, 0.5) is 13.2 Å². The number of hydrogen-bond acceptors (Lipinski definition) is 2. The van der Waals surface area contributed by atoms with E-state index < -0.39 is 29.6 Å². The lowest BCUT2D eigenvalue weighted by Crippen LogP contribution is -2.52. The molecule has 1 atom stereocenters. The summed E-state index contributed by atoms with van der Waals surface area (Å²) in [4.78, 5) is 11.7. The van der Waals surface area contributed by atoms with Crippen molar-refractivity contribution in [3.05, 3.63) is 35.9 Å². The van der Waals surface area contributed by atoms with Crippen LogP contribution < -0.4 is 5.32 Å². The maximum Gasteiger partial charge on any atom is 0.423 e. The summed E-state index contributed by atoms with van der Waals surface area (Å²) in [6.07, 6.45) is -4.89. The molecule has 0 saturated carbocycles. The summed E-state index contributed by atoms with van der Waals surface area (Å²) < 4.78 is 39.4. The number of nitrogens with one attached hydrogen (secondary N) is 1. The van der Waals surface area contributed by atoms with Crippen molar-refractivity contribution in [1.82, 2.24) is 5.32 Å². The molecule has 3 nitrogen and oxygen atoms in total. The van der Waals surface area contributed by atoms with E-state index in [1.54, 1.807) is 26.8 Å². The van der Waals surface area contributed by atoms with Gasteiger partial charge in [-0.15, -0.1) is 0 Å². The van der Waals surface area contributed by atoms with Gasteiger partial charge in [-0.05, 0) is 5.56 Å². The molecule has 0 aliphatic heterocycles. The highest BCUT2D eigenvalue weighted by Crippen LogP contribution is 2.38. The molecule has 0 bridgehead atoms. The van der Waals surface area contributed by atoms with Crippen molar-refractivity contribution in [1.29, 1.82) is 0 Å². The first-order valence-electron chi connectivity index (χ1n) is 6.11. The first kappa shape index (κ1) is 16.5. The Morgan fingerprint density at radius 3 is 2.05 bits per heavy atom. The third-order valence-corrected chi connectivity index (χ3v) is 2.91. The fraction of sp³-hybridized carbons (Fsp3) is 0.500. The highest BCUT2D eigenvalue weighted by atomic mass is 19.4. The van der Waals surface area contributed by atoms with Gasteiger partial charge in [-0.2, -0.15) is 13.2 Å². The third-order valence-electron chi connectivity index (χ3n) is 2.91. The van der Waals surface area contributed by atoms with E-state index in [9.17, 15) is 23.1 Å². The summed E-state index contributed by atoms with van der Waals surface area (Å²) in [5.74, 6) is -0.559. The monoisotopic (exact) mass is 289 g/mol. The fourth-order valence-electron chi connectivity index (χ4n) is 1.55. The molecule has 1 amide bonds. The molecule has 0 saturated heterocycles. The minimum absolute atomic E-state index is 0.304. The number of rotatable bonds is 3. The van der Waals surface area contributed by atoms with E-state index in [2.05, 4.69) is 5.32 Å². The van der Waals surface area contributed by atoms with Crippen molar-refractivity contribution in [3.63, 3.8) is 0 Å². The molecule has 6 heteroatoms. The molecular formula is C14H18F3NO2. The second-order valence-corrected chi connectivity index (χ2v) is 5.66. The zero-order valence-electron chi connectivity index (χ0n) is 11.6. The van der Waals surface area contributed by atoms with Gasteiger partial charge < -0.3 is 10.4 Å². The predicted molar refractivity (Wildman–Crippen MR) is 68.9 cm³/mol. The standard InChI is InChI=1S/C14H18F3NO2/c1-12(2,3)11(19)18-9-13(20,14(15,16)17)10-7-5-4-6-8-10/h4-8,20H,9H2,1-3H3,(H,18,19)/t13-/m0/s1. The van der Waals surface area contributed by atoms with Gasteiger partial charge in [0.05, 0.1) is 6.54 Å². The Balaban J connectivity index is 3.01. The molecule has 0 fully saturated rings. The van der Waals surface area contributed by atoms with Crippen molar-refractivity contribution in [2.45, 2.75) is 32.5 Å². The SMILES string of the molecule is CC(C)(C)C(=O)NC[C@](O)(c1ccccc1)C(F)(F)F.